The van der Waals surface area contributed by atoms with Gasteiger partial charge in [0.15, 0.2) is 6.61 Å². The molecule has 0 unspecified atom stereocenters. The zero-order chi connectivity index (χ0) is 20.0. The number of nitrogens with one attached hydrogen (secondary N) is 1. The molecule has 1 fully saturated rings. The monoisotopic (exact) mass is 393 g/mol. The largest absolute Gasteiger partial charge is 0.455 e. The van der Waals surface area contributed by atoms with Crippen LogP contribution in [0.25, 0.3) is 0 Å². The van der Waals surface area contributed by atoms with E-state index in [1.54, 1.807) is 30.8 Å². The molecule has 1 heterocycles. The Morgan fingerprint density at radius 2 is 2.07 bits per heavy atom. The molecule has 9 heteroatoms. The van der Waals surface area contributed by atoms with Crippen LogP contribution in [0.1, 0.15) is 6.42 Å². The predicted octanol–water partition coefficient (Wildman–Crippen LogP) is 0.509. The van der Waals surface area contributed by atoms with Crippen molar-refractivity contribution < 1.29 is 23.9 Å². The topological polar surface area (TPSA) is 96.0 Å². The van der Waals surface area contributed by atoms with E-state index < -0.39 is 24.4 Å². The van der Waals surface area contributed by atoms with Gasteiger partial charge in [0, 0.05) is 37.6 Å². The van der Waals surface area contributed by atoms with Crippen molar-refractivity contribution in [1.82, 2.24) is 10.2 Å². The lowest BCUT2D eigenvalue weighted by Crippen LogP contribution is -2.38. The van der Waals surface area contributed by atoms with Gasteiger partial charge in [0.05, 0.1) is 12.5 Å². The first-order chi connectivity index (χ1) is 12.8. The number of thioether (sulfide) groups is 1. The Morgan fingerprint density at radius 3 is 2.74 bits per heavy atom. The Hall–Kier alpha value is -2.55. The van der Waals surface area contributed by atoms with E-state index in [-0.39, 0.29) is 31.3 Å². The molecule has 0 aliphatic carbocycles. The van der Waals surface area contributed by atoms with E-state index in [9.17, 15) is 19.2 Å². The number of carbonyl (C=O) groups excluding carboxylic acids is 4. The number of ether oxygens (including phenoxy) is 1. The summed E-state index contributed by atoms with van der Waals surface area (Å²) < 4.78 is 5.00. The summed E-state index contributed by atoms with van der Waals surface area (Å²) in [4.78, 5) is 51.4. The summed E-state index contributed by atoms with van der Waals surface area (Å²) in [6.07, 6.45) is 1.99. The average molecular weight is 393 g/mol. The SMILES string of the molecule is CSc1cccc(N2C[C@@H](C(=O)OCC(=O)NCC(=O)N(C)C)CC2=O)c1. The molecule has 1 aromatic carbocycles. The van der Waals surface area contributed by atoms with Gasteiger partial charge in [-0.2, -0.15) is 0 Å². The summed E-state index contributed by atoms with van der Waals surface area (Å²) in [5.41, 5.74) is 0.738. The Bertz CT molecular complexity index is 737. The number of hydrogen-bond acceptors (Lipinski definition) is 6. The zero-order valence-corrected chi connectivity index (χ0v) is 16.4. The van der Waals surface area contributed by atoms with Crippen molar-refractivity contribution in [2.75, 3.05) is 44.9 Å². The third-order valence-electron chi connectivity index (χ3n) is 4.10. The molecule has 1 saturated heterocycles. The summed E-state index contributed by atoms with van der Waals surface area (Å²) in [5.74, 6) is -2.20. The van der Waals surface area contributed by atoms with Gasteiger partial charge in [-0.1, -0.05) is 6.07 Å². The van der Waals surface area contributed by atoms with Crippen molar-refractivity contribution in [2.24, 2.45) is 5.92 Å². The lowest BCUT2D eigenvalue weighted by molar-refractivity contribution is -0.152. The van der Waals surface area contributed by atoms with E-state index in [2.05, 4.69) is 5.32 Å². The minimum Gasteiger partial charge on any atom is -0.455 e. The molecule has 0 aromatic heterocycles. The number of carbonyl (C=O) groups is 4. The summed E-state index contributed by atoms with van der Waals surface area (Å²) >= 11 is 1.57. The van der Waals surface area contributed by atoms with Gasteiger partial charge >= 0.3 is 5.97 Å². The predicted molar refractivity (Wildman–Crippen MR) is 101 cm³/mol. The summed E-state index contributed by atoms with van der Waals surface area (Å²) in [6.45, 7) is -0.423. The fourth-order valence-corrected chi connectivity index (χ4v) is 2.98. The molecule has 1 aliphatic heterocycles. The molecule has 2 rings (SSSR count). The van der Waals surface area contributed by atoms with Crippen LogP contribution in [-0.2, 0) is 23.9 Å². The minimum atomic E-state index is -0.619. The van der Waals surface area contributed by atoms with Gasteiger partial charge in [0.1, 0.15) is 0 Å². The van der Waals surface area contributed by atoms with E-state index in [0.717, 1.165) is 10.6 Å². The van der Waals surface area contributed by atoms with Crippen LogP contribution in [0.2, 0.25) is 0 Å². The van der Waals surface area contributed by atoms with Gasteiger partial charge < -0.3 is 19.9 Å². The summed E-state index contributed by atoms with van der Waals surface area (Å²) in [6, 6.07) is 7.52. The van der Waals surface area contributed by atoms with E-state index in [1.807, 2.05) is 30.5 Å². The van der Waals surface area contributed by atoms with Crippen LogP contribution in [-0.4, -0.2) is 68.6 Å². The van der Waals surface area contributed by atoms with Crippen LogP contribution >= 0.6 is 11.8 Å². The van der Waals surface area contributed by atoms with E-state index in [1.165, 1.54) is 4.90 Å². The number of hydrogen-bond donors (Lipinski definition) is 1. The van der Waals surface area contributed by atoms with Gasteiger partial charge in [-0.05, 0) is 24.5 Å². The molecule has 1 N–H and O–H groups in total. The normalized spacial score (nSPS) is 16.2. The minimum absolute atomic E-state index is 0.0447. The van der Waals surface area contributed by atoms with Crippen molar-refractivity contribution in [3.05, 3.63) is 24.3 Å². The molecule has 0 saturated carbocycles. The van der Waals surface area contributed by atoms with Crippen molar-refractivity contribution in [1.29, 1.82) is 0 Å². The van der Waals surface area contributed by atoms with E-state index in [4.69, 9.17) is 4.74 Å². The molecule has 1 atom stereocenters. The maximum absolute atomic E-state index is 12.3. The van der Waals surface area contributed by atoms with Gasteiger partial charge in [-0.15, -0.1) is 11.8 Å². The number of rotatable bonds is 7. The second-order valence-corrected chi connectivity index (χ2v) is 7.16. The zero-order valence-electron chi connectivity index (χ0n) is 15.6. The molecule has 0 bridgehead atoms. The first-order valence-electron chi connectivity index (χ1n) is 8.39. The van der Waals surface area contributed by atoms with Crippen molar-refractivity contribution in [3.8, 4) is 0 Å². The van der Waals surface area contributed by atoms with Crippen LogP contribution in [0, 0.1) is 5.92 Å². The fraction of sp³-hybridized carbons (Fsp3) is 0.444. The maximum atomic E-state index is 12.3. The molecule has 3 amide bonds. The number of nitrogens with zero attached hydrogens (tertiary/aromatic N) is 2. The third-order valence-corrected chi connectivity index (χ3v) is 4.83. The molecule has 146 valence electrons. The highest BCUT2D eigenvalue weighted by Gasteiger charge is 2.36. The van der Waals surface area contributed by atoms with E-state index in [0.29, 0.717) is 0 Å². The Balaban J connectivity index is 1.84. The quantitative estimate of drug-likeness (QED) is 0.536. The smallest absolute Gasteiger partial charge is 0.311 e. The van der Waals surface area contributed by atoms with Crippen molar-refractivity contribution in [2.45, 2.75) is 11.3 Å². The highest BCUT2D eigenvalue weighted by Crippen LogP contribution is 2.28. The summed E-state index contributed by atoms with van der Waals surface area (Å²) in [5, 5.41) is 2.38. The maximum Gasteiger partial charge on any atom is 0.311 e. The molecular weight excluding hydrogens is 370 g/mol. The number of benzene rings is 1. The average Bonchev–Trinajstić information content (AvgIpc) is 3.05. The van der Waals surface area contributed by atoms with Gasteiger partial charge in [-0.25, -0.2) is 0 Å². The first-order valence-corrected chi connectivity index (χ1v) is 9.62. The fourth-order valence-electron chi connectivity index (χ4n) is 2.53. The Labute approximate surface area is 162 Å². The number of amides is 3. The van der Waals surface area contributed by atoms with E-state index >= 15 is 0 Å². The molecule has 8 nitrogen and oxygen atoms in total. The van der Waals surface area contributed by atoms with Crippen LogP contribution in [0.3, 0.4) is 0 Å². The van der Waals surface area contributed by atoms with Crippen molar-refractivity contribution >= 4 is 41.1 Å². The molecule has 1 aromatic rings. The van der Waals surface area contributed by atoms with Gasteiger partial charge in [-0.3, -0.25) is 19.2 Å². The molecule has 27 heavy (non-hydrogen) atoms. The number of likely N-dealkylation sites (N-methyl/N-ethyl adjacent to an activating group) is 1. The lowest BCUT2D eigenvalue weighted by Gasteiger charge is -2.17. The number of anilines is 1. The Morgan fingerprint density at radius 1 is 1.33 bits per heavy atom. The highest BCUT2D eigenvalue weighted by atomic mass is 32.2. The number of esters is 1. The standard InChI is InChI=1S/C18H23N3O5S/c1-20(2)17(24)9-19-15(22)11-26-18(25)12-7-16(23)21(10-12)13-5-4-6-14(8-13)27-3/h4-6,8,12H,7,9-11H2,1-3H3,(H,19,22)/t12-/m0/s1. The van der Waals surface area contributed by atoms with Crippen molar-refractivity contribution in [3.63, 3.8) is 0 Å². The van der Waals surface area contributed by atoms with Crippen LogP contribution in [0.5, 0.6) is 0 Å². The Kier molecular flexibility index (Phi) is 7.23. The van der Waals surface area contributed by atoms with Crippen LogP contribution < -0.4 is 10.2 Å². The second kappa shape index (κ2) is 9.40. The highest BCUT2D eigenvalue weighted by molar-refractivity contribution is 7.98. The third kappa shape index (κ3) is 5.72. The molecule has 1 aliphatic rings. The summed E-state index contributed by atoms with van der Waals surface area (Å²) in [7, 11) is 3.15. The second-order valence-electron chi connectivity index (χ2n) is 6.28. The molecule has 0 radical (unpaired) electrons. The first kappa shape index (κ1) is 20.8. The molecule has 0 spiro atoms. The van der Waals surface area contributed by atoms with Gasteiger partial charge in [0.25, 0.3) is 5.91 Å². The van der Waals surface area contributed by atoms with Gasteiger partial charge in [0.2, 0.25) is 11.8 Å². The van der Waals surface area contributed by atoms with Crippen LogP contribution in [0.4, 0.5) is 5.69 Å². The van der Waals surface area contributed by atoms with Crippen LogP contribution in [0.15, 0.2) is 29.2 Å². The molecular formula is C18H23N3O5S. The lowest BCUT2D eigenvalue weighted by atomic mass is 10.1.